The maximum absolute atomic E-state index is 12.7. The number of carboxylic acids is 1. The molecular formula is C22H25BrN2O5. The molecule has 30 heavy (non-hydrogen) atoms. The van der Waals surface area contributed by atoms with Crippen LogP contribution in [0.2, 0.25) is 0 Å². The fourth-order valence-electron chi connectivity index (χ4n) is 2.64. The number of carboxylic acid groups (broad SMARTS) is 1. The number of amides is 1. The highest BCUT2D eigenvalue weighted by Gasteiger charge is 2.23. The molecule has 1 aromatic heterocycles. The highest BCUT2D eigenvalue weighted by molar-refractivity contribution is 9.10. The van der Waals surface area contributed by atoms with Crippen LogP contribution in [-0.2, 0) is 9.59 Å². The third-order valence-electron chi connectivity index (χ3n) is 4.49. The van der Waals surface area contributed by atoms with Gasteiger partial charge in [-0.15, -0.1) is 0 Å². The van der Waals surface area contributed by atoms with Crippen molar-refractivity contribution < 1.29 is 24.2 Å². The van der Waals surface area contributed by atoms with Gasteiger partial charge < -0.3 is 15.2 Å². The predicted octanol–water partition coefficient (Wildman–Crippen LogP) is 4.09. The largest absolute Gasteiger partial charge is 0.483 e. The van der Waals surface area contributed by atoms with Crippen molar-refractivity contribution in [1.82, 2.24) is 10.3 Å². The number of hydrogen-bond acceptors (Lipinski definition) is 5. The van der Waals surface area contributed by atoms with Crippen LogP contribution >= 0.6 is 15.9 Å². The fraction of sp³-hybridized carbons (Fsp3) is 0.364. The van der Waals surface area contributed by atoms with Crippen molar-refractivity contribution in [3.05, 3.63) is 57.8 Å². The first-order valence-electron chi connectivity index (χ1n) is 9.40. The number of pyridine rings is 1. The zero-order valence-electron chi connectivity index (χ0n) is 17.4. The van der Waals surface area contributed by atoms with Crippen molar-refractivity contribution in [3.8, 4) is 5.75 Å². The molecule has 1 heterocycles. The van der Waals surface area contributed by atoms with E-state index in [1.807, 2.05) is 19.1 Å². The van der Waals surface area contributed by atoms with E-state index in [0.717, 1.165) is 11.1 Å². The maximum Gasteiger partial charge on any atom is 0.305 e. The van der Waals surface area contributed by atoms with E-state index < -0.39 is 23.3 Å². The Bertz CT molecular complexity index is 953. The summed E-state index contributed by atoms with van der Waals surface area (Å²) in [4.78, 5) is 40.2. The number of aromatic nitrogens is 1. The minimum absolute atomic E-state index is 0.0639. The van der Waals surface area contributed by atoms with E-state index in [2.05, 4.69) is 26.2 Å². The number of carbonyl (C=O) groups excluding carboxylic acids is 2. The summed E-state index contributed by atoms with van der Waals surface area (Å²) in [6.45, 7) is 7.17. The number of aryl methyl sites for hydroxylation is 1. The number of Topliss-reactive ketones (excluding diaryl/α,β-unsaturated/α-hetero) is 1. The van der Waals surface area contributed by atoms with Gasteiger partial charge in [0.05, 0.1) is 12.5 Å². The molecular weight excluding hydrogens is 452 g/mol. The first-order chi connectivity index (χ1) is 14.0. The Labute approximate surface area is 184 Å². The Morgan fingerprint density at radius 1 is 1.17 bits per heavy atom. The zero-order valence-corrected chi connectivity index (χ0v) is 18.9. The number of nitrogens with one attached hydrogen (secondary N) is 1. The number of ketones is 1. The summed E-state index contributed by atoms with van der Waals surface area (Å²) in [5.41, 5.74) is 1.19. The average Bonchev–Trinajstić information content (AvgIpc) is 2.65. The van der Waals surface area contributed by atoms with Gasteiger partial charge in [-0.05, 0) is 46.1 Å². The minimum Gasteiger partial charge on any atom is -0.483 e. The van der Waals surface area contributed by atoms with E-state index in [1.165, 1.54) is 6.07 Å². The lowest BCUT2D eigenvalue weighted by Crippen LogP contribution is -2.31. The van der Waals surface area contributed by atoms with Gasteiger partial charge in [-0.2, -0.15) is 0 Å². The highest BCUT2D eigenvalue weighted by atomic mass is 79.9. The topological polar surface area (TPSA) is 106 Å². The van der Waals surface area contributed by atoms with Gasteiger partial charge in [-0.3, -0.25) is 14.4 Å². The maximum atomic E-state index is 12.7. The molecule has 160 valence electrons. The first-order valence-corrected chi connectivity index (χ1v) is 10.2. The number of halogens is 1. The molecule has 1 unspecified atom stereocenters. The molecule has 0 aliphatic heterocycles. The number of ether oxygens (including phenoxy) is 1. The SMILES string of the molecule is Cc1ccccc1C(CC(=O)O)NC(=O)c1ccc(OCC(=O)C(C)(C)C)c(Br)n1. The van der Waals surface area contributed by atoms with Crippen LogP contribution in [-0.4, -0.2) is 34.4 Å². The van der Waals surface area contributed by atoms with E-state index in [4.69, 9.17) is 4.74 Å². The normalized spacial score (nSPS) is 12.2. The molecule has 2 rings (SSSR count). The number of aliphatic carboxylic acids is 1. The van der Waals surface area contributed by atoms with Gasteiger partial charge in [-0.25, -0.2) is 4.98 Å². The summed E-state index contributed by atoms with van der Waals surface area (Å²) in [5, 5.41) is 12.0. The second-order valence-corrected chi connectivity index (χ2v) is 8.68. The summed E-state index contributed by atoms with van der Waals surface area (Å²) in [6, 6.07) is 9.60. The minimum atomic E-state index is -1.02. The zero-order chi connectivity index (χ0) is 22.5. The van der Waals surface area contributed by atoms with Crippen LogP contribution in [0.4, 0.5) is 0 Å². The van der Waals surface area contributed by atoms with Crippen LogP contribution in [0.25, 0.3) is 0 Å². The number of hydrogen-bond donors (Lipinski definition) is 2. The number of rotatable bonds is 8. The van der Waals surface area contributed by atoms with Crippen LogP contribution in [0.5, 0.6) is 5.75 Å². The summed E-state index contributed by atoms with van der Waals surface area (Å²) in [7, 11) is 0. The molecule has 0 saturated carbocycles. The lowest BCUT2D eigenvalue weighted by atomic mass is 9.91. The van der Waals surface area contributed by atoms with Crippen molar-refractivity contribution in [3.63, 3.8) is 0 Å². The Kier molecular flexibility index (Phi) is 7.72. The summed E-state index contributed by atoms with van der Waals surface area (Å²) in [5.74, 6) is -1.26. The van der Waals surface area contributed by atoms with E-state index in [-0.39, 0.29) is 29.1 Å². The third kappa shape index (κ3) is 6.38. The quantitative estimate of drug-likeness (QED) is 0.555. The Morgan fingerprint density at radius 2 is 1.83 bits per heavy atom. The lowest BCUT2D eigenvalue weighted by Gasteiger charge is -2.19. The van der Waals surface area contributed by atoms with Gasteiger partial charge >= 0.3 is 5.97 Å². The van der Waals surface area contributed by atoms with Crippen molar-refractivity contribution in [2.24, 2.45) is 5.41 Å². The molecule has 0 fully saturated rings. The van der Waals surface area contributed by atoms with Crippen LogP contribution in [0.3, 0.4) is 0 Å². The van der Waals surface area contributed by atoms with Crippen LogP contribution < -0.4 is 10.1 Å². The molecule has 2 N–H and O–H groups in total. The lowest BCUT2D eigenvalue weighted by molar-refractivity contribution is -0.137. The summed E-state index contributed by atoms with van der Waals surface area (Å²) < 4.78 is 5.79. The molecule has 1 amide bonds. The molecule has 0 bridgehead atoms. The number of nitrogens with zero attached hydrogens (tertiary/aromatic N) is 1. The molecule has 1 aromatic carbocycles. The summed E-state index contributed by atoms with van der Waals surface area (Å²) in [6.07, 6.45) is -0.256. The van der Waals surface area contributed by atoms with Gasteiger partial charge in [0.1, 0.15) is 16.9 Å². The Morgan fingerprint density at radius 3 is 2.40 bits per heavy atom. The number of carbonyl (C=O) groups is 3. The third-order valence-corrected chi connectivity index (χ3v) is 5.06. The standard InChI is InChI=1S/C22H25BrN2O5/c1-13-7-5-6-8-14(13)16(11-19(27)28)25-21(29)15-9-10-17(20(23)24-15)30-12-18(26)22(2,3)4/h5-10,16H,11-12H2,1-4H3,(H,25,29)(H,27,28). The van der Waals surface area contributed by atoms with E-state index in [1.54, 1.807) is 39.0 Å². The second kappa shape index (κ2) is 9.84. The molecule has 0 radical (unpaired) electrons. The predicted molar refractivity (Wildman–Crippen MR) is 116 cm³/mol. The molecule has 0 aliphatic carbocycles. The van der Waals surface area contributed by atoms with Crippen LogP contribution in [0.15, 0.2) is 41.0 Å². The van der Waals surface area contributed by atoms with Crippen molar-refractivity contribution >= 4 is 33.6 Å². The van der Waals surface area contributed by atoms with Crippen molar-refractivity contribution in [1.29, 1.82) is 0 Å². The summed E-state index contributed by atoms with van der Waals surface area (Å²) >= 11 is 3.26. The van der Waals surface area contributed by atoms with Crippen LogP contribution in [0.1, 0.15) is 54.8 Å². The fourth-order valence-corrected chi connectivity index (χ4v) is 3.08. The second-order valence-electron chi connectivity index (χ2n) is 7.93. The van der Waals surface area contributed by atoms with Gasteiger partial charge in [0.2, 0.25) is 0 Å². The van der Waals surface area contributed by atoms with E-state index in [0.29, 0.717) is 5.75 Å². The smallest absolute Gasteiger partial charge is 0.305 e. The average molecular weight is 477 g/mol. The van der Waals surface area contributed by atoms with E-state index >= 15 is 0 Å². The van der Waals surface area contributed by atoms with Crippen molar-refractivity contribution in [2.45, 2.75) is 40.2 Å². The number of benzene rings is 1. The monoisotopic (exact) mass is 476 g/mol. The van der Waals surface area contributed by atoms with Gasteiger partial charge in [0.25, 0.3) is 5.91 Å². The van der Waals surface area contributed by atoms with Gasteiger partial charge in [0, 0.05) is 5.41 Å². The molecule has 0 aliphatic rings. The van der Waals surface area contributed by atoms with Crippen molar-refractivity contribution in [2.75, 3.05) is 6.61 Å². The van der Waals surface area contributed by atoms with Crippen LogP contribution in [0, 0.1) is 12.3 Å². The van der Waals surface area contributed by atoms with Gasteiger partial charge in [0.15, 0.2) is 11.5 Å². The van der Waals surface area contributed by atoms with Gasteiger partial charge in [-0.1, -0.05) is 45.0 Å². The molecule has 0 spiro atoms. The molecule has 0 saturated heterocycles. The molecule has 8 heteroatoms. The molecule has 1 atom stereocenters. The molecule has 2 aromatic rings. The highest BCUT2D eigenvalue weighted by Crippen LogP contribution is 2.25. The first kappa shape index (κ1) is 23.5. The Balaban J connectivity index is 2.15. The Hall–Kier alpha value is -2.74. The molecule has 7 nitrogen and oxygen atoms in total. The van der Waals surface area contributed by atoms with E-state index in [9.17, 15) is 19.5 Å².